The standard InChI is InChI=1S/C15H16O4/c1-18-15(19-2)9-8-12(14(16)17)13(10-15)11-6-4-3-5-7-11/h3-8,10H,9H2,1-2H3,(H,16,17). The number of benzene rings is 1. The minimum Gasteiger partial charge on any atom is -0.478 e. The lowest BCUT2D eigenvalue weighted by Gasteiger charge is -2.31. The van der Waals surface area contributed by atoms with Crippen molar-refractivity contribution in [2.45, 2.75) is 12.2 Å². The lowest BCUT2D eigenvalue weighted by Crippen LogP contribution is -2.33. The SMILES string of the molecule is COC1(OC)C=C(c2ccccc2)C(C(=O)O)=CC1. The second-order valence-corrected chi connectivity index (χ2v) is 4.27. The van der Waals surface area contributed by atoms with Crippen LogP contribution in [0.2, 0.25) is 0 Å². The van der Waals surface area contributed by atoms with E-state index in [0.29, 0.717) is 12.0 Å². The largest absolute Gasteiger partial charge is 0.478 e. The number of rotatable bonds is 4. The van der Waals surface area contributed by atoms with Gasteiger partial charge >= 0.3 is 5.97 Å². The van der Waals surface area contributed by atoms with Crippen molar-refractivity contribution in [2.75, 3.05) is 14.2 Å². The lowest BCUT2D eigenvalue weighted by molar-refractivity contribution is -0.167. The molecule has 2 rings (SSSR count). The van der Waals surface area contributed by atoms with Crippen LogP contribution >= 0.6 is 0 Å². The van der Waals surface area contributed by atoms with Crippen LogP contribution in [0.3, 0.4) is 0 Å². The number of aliphatic carboxylic acids is 1. The van der Waals surface area contributed by atoms with E-state index in [1.807, 2.05) is 30.3 Å². The van der Waals surface area contributed by atoms with Crippen molar-refractivity contribution < 1.29 is 19.4 Å². The monoisotopic (exact) mass is 260 g/mol. The van der Waals surface area contributed by atoms with Crippen LogP contribution in [0.4, 0.5) is 0 Å². The second-order valence-electron chi connectivity index (χ2n) is 4.27. The number of carboxylic acid groups (broad SMARTS) is 1. The van der Waals surface area contributed by atoms with Gasteiger partial charge in [-0.3, -0.25) is 0 Å². The molecule has 0 radical (unpaired) electrons. The maximum atomic E-state index is 11.3. The van der Waals surface area contributed by atoms with Crippen LogP contribution in [-0.4, -0.2) is 31.1 Å². The van der Waals surface area contributed by atoms with Gasteiger partial charge in [0.1, 0.15) is 0 Å². The maximum Gasteiger partial charge on any atom is 0.335 e. The Morgan fingerprint density at radius 1 is 1.21 bits per heavy atom. The molecule has 100 valence electrons. The Bertz CT molecular complexity index is 524. The second kappa shape index (κ2) is 5.38. The van der Waals surface area contributed by atoms with Crippen LogP contribution in [0.25, 0.3) is 5.57 Å². The van der Waals surface area contributed by atoms with Crippen LogP contribution in [0.1, 0.15) is 12.0 Å². The average Bonchev–Trinajstić information content (AvgIpc) is 2.47. The van der Waals surface area contributed by atoms with Crippen molar-refractivity contribution in [3.63, 3.8) is 0 Å². The van der Waals surface area contributed by atoms with Gasteiger partial charge in [0.25, 0.3) is 0 Å². The molecule has 1 aromatic rings. The summed E-state index contributed by atoms with van der Waals surface area (Å²) in [5.74, 6) is -1.85. The number of methoxy groups -OCH3 is 2. The van der Waals surface area contributed by atoms with Crippen LogP contribution in [0, 0.1) is 0 Å². The van der Waals surface area contributed by atoms with Gasteiger partial charge in [-0.25, -0.2) is 4.79 Å². The fraction of sp³-hybridized carbons (Fsp3) is 0.267. The van der Waals surface area contributed by atoms with Crippen LogP contribution in [0.15, 0.2) is 48.1 Å². The van der Waals surface area contributed by atoms with E-state index in [1.165, 1.54) is 0 Å². The Morgan fingerprint density at radius 3 is 2.37 bits per heavy atom. The van der Waals surface area contributed by atoms with E-state index < -0.39 is 11.8 Å². The number of hydrogen-bond donors (Lipinski definition) is 1. The summed E-state index contributed by atoms with van der Waals surface area (Å²) in [6.07, 6.45) is 3.74. The molecule has 1 N–H and O–H groups in total. The third-order valence-corrected chi connectivity index (χ3v) is 3.25. The highest BCUT2D eigenvalue weighted by atomic mass is 16.7. The summed E-state index contributed by atoms with van der Waals surface area (Å²) in [6.45, 7) is 0. The molecule has 19 heavy (non-hydrogen) atoms. The molecule has 0 spiro atoms. The van der Waals surface area contributed by atoms with Gasteiger partial charge in [-0.15, -0.1) is 0 Å². The van der Waals surface area contributed by atoms with Crippen LogP contribution in [0.5, 0.6) is 0 Å². The highest BCUT2D eigenvalue weighted by Crippen LogP contribution is 2.35. The maximum absolute atomic E-state index is 11.3. The Kier molecular flexibility index (Phi) is 3.83. The molecule has 0 saturated heterocycles. The molecule has 0 atom stereocenters. The van der Waals surface area contributed by atoms with Crippen molar-refractivity contribution in [2.24, 2.45) is 0 Å². The number of hydrogen-bond acceptors (Lipinski definition) is 3. The molecule has 0 unspecified atom stereocenters. The van der Waals surface area contributed by atoms with Gasteiger partial charge in [-0.1, -0.05) is 36.4 Å². The fourth-order valence-corrected chi connectivity index (χ4v) is 2.14. The normalized spacial score (nSPS) is 17.6. The first kappa shape index (κ1) is 13.5. The molecular weight excluding hydrogens is 244 g/mol. The van der Waals surface area contributed by atoms with E-state index in [1.54, 1.807) is 26.4 Å². The highest BCUT2D eigenvalue weighted by Gasteiger charge is 2.33. The van der Waals surface area contributed by atoms with E-state index in [0.717, 1.165) is 5.56 Å². The Balaban J connectivity index is 2.51. The molecule has 1 aliphatic carbocycles. The summed E-state index contributed by atoms with van der Waals surface area (Å²) in [6, 6.07) is 9.35. The first-order valence-corrected chi connectivity index (χ1v) is 5.94. The minimum atomic E-state index is -0.948. The lowest BCUT2D eigenvalue weighted by atomic mass is 9.89. The molecule has 4 heteroatoms. The zero-order valence-electron chi connectivity index (χ0n) is 10.9. The first-order chi connectivity index (χ1) is 9.12. The van der Waals surface area contributed by atoms with E-state index >= 15 is 0 Å². The fourth-order valence-electron chi connectivity index (χ4n) is 2.14. The van der Waals surface area contributed by atoms with Crippen LogP contribution in [-0.2, 0) is 14.3 Å². The van der Waals surface area contributed by atoms with Gasteiger partial charge in [0.2, 0.25) is 0 Å². The Labute approximate surface area is 112 Å². The van der Waals surface area contributed by atoms with Crippen LogP contribution < -0.4 is 0 Å². The molecule has 1 aromatic carbocycles. The molecule has 0 aliphatic heterocycles. The van der Waals surface area contributed by atoms with E-state index in [9.17, 15) is 9.90 Å². The molecule has 0 saturated carbocycles. The van der Waals surface area contributed by atoms with Gasteiger partial charge < -0.3 is 14.6 Å². The van der Waals surface area contributed by atoms with E-state index in [2.05, 4.69) is 0 Å². The van der Waals surface area contributed by atoms with Crippen molar-refractivity contribution >= 4 is 11.5 Å². The molecule has 0 bridgehead atoms. The van der Waals surface area contributed by atoms with Crippen molar-refractivity contribution in [1.29, 1.82) is 0 Å². The molecule has 0 fully saturated rings. The van der Waals surface area contributed by atoms with Crippen molar-refractivity contribution in [1.82, 2.24) is 0 Å². The smallest absolute Gasteiger partial charge is 0.335 e. The number of ether oxygens (including phenoxy) is 2. The number of carboxylic acids is 1. The third-order valence-electron chi connectivity index (χ3n) is 3.25. The predicted octanol–water partition coefficient (Wildman–Crippen LogP) is 2.47. The average molecular weight is 260 g/mol. The molecule has 0 aromatic heterocycles. The zero-order valence-corrected chi connectivity index (χ0v) is 10.9. The topological polar surface area (TPSA) is 55.8 Å². The van der Waals surface area contributed by atoms with Gasteiger partial charge in [0.15, 0.2) is 5.79 Å². The quantitative estimate of drug-likeness (QED) is 0.845. The summed E-state index contributed by atoms with van der Waals surface area (Å²) < 4.78 is 10.7. The summed E-state index contributed by atoms with van der Waals surface area (Å²) in [5, 5.41) is 9.29. The molecule has 4 nitrogen and oxygen atoms in total. The summed E-state index contributed by atoms with van der Waals surface area (Å²) >= 11 is 0. The third kappa shape index (κ3) is 2.59. The molecule has 0 heterocycles. The van der Waals surface area contributed by atoms with Crippen molar-refractivity contribution in [3.05, 3.63) is 53.6 Å². The van der Waals surface area contributed by atoms with E-state index in [4.69, 9.17) is 9.47 Å². The van der Waals surface area contributed by atoms with Gasteiger partial charge in [-0.2, -0.15) is 0 Å². The first-order valence-electron chi connectivity index (χ1n) is 5.94. The Hall–Kier alpha value is -1.91. The number of carbonyl (C=O) groups is 1. The minimum absolute atomic E-state index is 0.274. The van der Waals surface area contributed by atoms with Gasteiger partial charge in [0.05, 0.1) is 5.57 Å². The van der Waals surface area contributed by atoms with Gasteiger partial charge in [0, 0.05) is 20.6 Å². The highest BCUT2D eigenvalue weighted by molar-refractivity contribution is 6.06. The summed E-state index contributed by atoms with van der Waals surface area (Å²) in [7, 11) is 3.09. The molecule has 0 amide bonds. The summed E-state index contributed by atoms with van der Waals surface area (Å²) in [4.78, 5) is 11.3. The zero-order chi connectivity index (χ0) is 13.9. The molecular formula is C15H16O4. The Morgan fingerprint density at radius 2 is 1.84 bits per heavy atom. The van der Waals surface area contributed by atoms with Crippen molar-refractivity contribution in [3.8, 4) is 0 Å². The molecule has 1 aliphatic rings. The summed E-state index contributed by atoms with van der Waals surface area (Å²) in [5.41, 5.74) is 1.72. The van der Waals surface area contributed by atoms with Gasteiger partial charge in [-0.05, 0) is 17.2 Å². The van der Waals surface area contributed by atoms with E-state index in [-0.39, 0.29) is 5.57 Å². The predicted molar refractivity (Wildman–Crippen MR) is 71.5 cm³/mol.